The zero-order valence-corrected chi connectivity index (χ0v) is 18.5. The molecule has 0 radical (unpaired) electrons. The van der Waals surface area contributed by atoms with Crippen LogP contribution in [0.1, 0.15) is 27.6 Å². The van der Waals surface area contributed by atoms with Crippen LogP contribution in [0.5, 0.6) is 5.75 Å². The van der Waals surface area contributed by atoms with Gasteiger partial charge in [-0.25, -0.2) is 4.79 Å². The standard InChI is InChI=1S/C26H16ClNO6/c1-14(28-24(30)18-4-2-3-5-19(18)25(28)31)26(32)33-17-10-11-22-20(12-17)21(29)13-23(34-22)15-6-8-16(27)9-7-15/h2-14H,1H3. The number of halogens is 1. The van der Waals surface area contributed by atoms with E-state index < -0.39 is 23.8 Å². The lowest BCUT2D eigenvalue weighted by Crippen LogP contribution is -2.44. The summed E-state index contributed by atoms with van der Waals surface area (Å²) in [6.07, 6.45) is 0. The van der Waals surface area contributed by atoms with Gasteiger partial charge in [-0.1, -0.05) is 23.7 Å². The van der Waals surface area contributed by atoms with Gasteiger partial charge in [0.05, 0.1) is 16.5 Å². The second kappa shape index (κ2) is 8.28. The molecule has 0 bridgehead atoms. The Morgan fingerprint density at radius 2 is 1.56 bits per heavy atom. The third-order valence-corrected chi connectivity index (χ3v) is 5.85. The molecule has 1 atom stereocenters. The van der Waals surface area contributed by atoms with Crippen LogP contribution in [-0.4, -0.2) is 28.7 Å². The highest BCUT2D eigenvalue weighted by Gasteiger charge is 2.41. The molecule has 2 heterocycles. The van der Waals surface area contributed by atoms with Crippen molar-refractivity contribution in [2.24, 2.45) is 0 Å². The van der Waals surface area contributed by atoms with Crippen molar-refractivity contribution < 1.29 is 23.5 Å². The van der Waals surface area contributed by atoms with E-state index in [4.69, 9.17) is 20.8 Å². The summed E-state index contributed by atoms with van der Waals surface area (Å²) in [6, 6.07) is 17.8. The normalized spacial score (nSPS) is 13.8. The number of amides is 2. The van der Waals surface area contributed by atoms with Crippen LogP contribution in [0.3, 0.4) is 0 Å². The van der Waals surface area contributed by atoms with Crippen molar-refractivity contribution >= 4 is 40.4 Å². The molecular weight excluding hydrogens is 458 g/mol. The summed E-state index contributed by atoms with van der Waals surface area (Å²) in [5.41, 5.74) is 1.16. The topological polar surface area (TPSA) is 93.9 Å². The van der Waals surface area contributed by atoms with E-state index in [2.05, 4.69) is 0 Å². The second-order valence-corrected chi connectivity index (χ2v) is 8.20. The number of fused-ring (bicyclic) bond motifs is 2. The van der Waals surface area contributed by atoms with E-state index in [1.807, 2.05) is 0 Å². The first-order valence-corrected chi connectivity index (χ1v) is 10.7. The van der Waals surface area contributed by atoms with Crippen LogP contribution in [0.15, 0.2) is 82.0 Å². The van der Waals surface area contributed by atoms with Crippen molar-refractivity contribution in [3.63, 3.8) is 0 Å². The Kier molecular flexibility index (Phi) is 5.26. The van der Waals surface area contributed by atoms with Gasteiger partial charge in [-0.15, -0.1) is 0 Å². The predicted molar refractivity (Wildman–Crippen MR) is 125 cm³/mol. The van der Waals surface area contributed by atoms with Crippen LogP contribution in [0.25, 0.3) is 22.3 Å². The lowest BCUT2D eigenvalue weighted by atomic mass is 10.1. The third kappa shape index (κ3) is 3.66. The number of nitrogens with zero attached hydrogens (tertiary/aromatic N) is 1. The Morgan fingerprint density at radius 1 is 0.912 bits per heavy atom. The number of carbonyl (C=O) groups is 3. The quantitative estimate of drug-likeness (QED) is 0.242. The van der Waals surface area contributed by atoms with Gasteiger partial charge in [0.15, 0.2) is 5.43 Å². The molecule has 3 aromatic carbocycles. The zero-order valence-electron chi connectivity index (χ0n) is 17.8. The number of rotatable bonds is 4. The highest BCUT2D eigenvalue weighted by molar-refractivity contribution is 6.30. The van der Waals surface area contributed by atoms with E-state index >= 15 is 0 Å². The average molecular weight is 474 g/mol. The summed E-state index contributed by atoms with van der Waals surface area (Å²) in [4.78, 5) is 51.6. The van der Waals surface area contributed by atoms with Gasteiger partial charge >= 0.3 is 5.97 Å². The fraction of sp³-hybridized carbons (Fsp3) is 0.0769. The van der Waals surface area contributed by atoms with Gasteiger partial charge in [-0.2, -0.15) is 0 Å². The Labute approximate surface area is 198 Å². The lowest BCUT2D eigenvalue weighted by Gasteiger charge is -2.20. The monoisotopic (exact) mass is 473 g/mol. The number of carbonyl (C=O) groups excluding carboxylic acids is 3. The van der Waals surface area contributed by atoms with E-state index in [1.165, 1.54) is 43.3 Å². The molecule has 7 nitrogen and oxygen atoms in total. The summed E-state index contributed by atoms with van der Waals surface area (Å²) >= 11 is 5.91. The molecule has 0 aliphatic carbocycles. The Balaban J connectivity index is 1.39. The molecule has 1 unspecified atom stereocenters. The largest absolute Gasteiger partial charge is 0.456 e. The number of ether oxygens (including phenoxy) is 1. The molecule has 0 saturated carbocycles. The molecule has 4 aromatic rings. The molecule has 1 aliphatic rings. The summed E-state index contributed by atoms with van der Waals surface area (Å²) < 4.78 is 11.2. The maximum atomic E-state index is 12.7. The van der Waals surface area contributed by atoms with Crippen molar-refractivity contribution in [2.75, 3.05) is 0 Å². The van der Waals surface area contributed by atoms with Gasteiger partial charge in [0, 0.05) is 16.7 Å². The number of hydrogen-bond acceptors (Lipinski definition) is 6. The van der Waals surface area contributed by atoms with E-state index in [-0.39, 0.29) is 27.7 Å². The summed E-state index contributed by atoms with van der Waals surface area (Å²) in [7, 11) is 0. The van der Waals surface area contributed by atoms with Crippen LogP contribution in [0.4, 0.5) is 0 Å². The van der Waals surface area contributed by atoms with Crippen molar-refractivity contribution in [2.45, 2.75) is 13.0 Å². The maximum absolute atomic E-state index is 12.7. The van der Waals surface area contributed by atoms with Gasteiger partial charge in [0.1, 0.15) is 23.1 Å². The van der Waals surface area contributed by atoms with Crippen molar-refractivity contribution in [1.29, 1.82) is 0 Å². The van der Waals surface area contributed by atoms with Gasteiger partial charge in [0.25, 0.3) is 11.8 Å². The molecule has 1 aromatic heterocycles. The van der Waals surface area contributed by atoms with Gasteiger partial charge < -0.3 is 9.15 Å². The van der Waals surface area contributed by atoms with E-state index in [1.54, 1.807) is 36.4 Å². The molecule has 5 rings (SSSR count). The fourth-order valence-corrected chi connectivity index (χ4v) is 3.95. The molecular formula is C26H16ClNO6. The van der Waals surface area contributed by atoms with Gasteiger partial charge in [0.2, 0.25) is 0 Å². The third-order valence-electron chi connectivity index (χ3n) is 5.60. The zero-order chi connectivity index (χ0) is 24.0. The molecule has 8 heteroatoms. The van der Waals surface area contributed by atoms with Crippen LogP contribution in [0, 0.1) is 0 Å². The first-order chi connectivity index (χ1) is 16.3. The van der Waals surface area contributed by atoms with Crippen molar-refractivity contribution in [1.82, 2.24) is 4.90 Å². The van der Waals surface area contributed by atoms with Gasteiger partial charge in [-0.05, 0) is 61.5 Å². The number of benzene rings is 3. The van der Waals surface area contributed by atoms with Crippen LogP contribution in [-0.2, 0) is 4.79 Å². The maximum Gasteiger partial charge on any atom is 0.334 e. The predicted octanol–water partition coefficient (Wildman–Crippen LogP) is 4.70. The highest BCUT2D eigenvalue weighted by atomic mass is 35.5. The van der Waals surface area contributed by atoms with Crippen LogP contribution >= 0.6 is 11.6 Å². The Morgan fingerprint density at radius 3 is 2.21 bits per heavy atom. The molecule has 1 aliphatic heterocycles. The minimum absolute atomic E-state index is 0.0903. The Hall–Kier alpha value is -4.23. The van der Waals surface area contributed by atoms with E-state index in [9.17, 15) is 19.2 Å². The number of imide groups is 1. The van der Waals surface area contributed by atoms with Crippen LogP contribution < -0.4 is 10.2 Å². The summed E-state index contributed by atoms with van der Waals surface area (Å²) in [6.45, 7) is 1.41. The molecule has 0 saturated heterocycles. The van der Waals surface area contributed by atoms with Crippen LogP contribution in [0.2, 0.25) is 5.02 Å². The molecule has 34 heavy (non-hydrogen) atoms. The van der Waals surface area contributed by atoms with E-state index in [0.717, 1.165) is 4.90 Å². The first-order valence-electron chi connectivity index (χ1n) is 10.4. The SMILES string of the molecule is CC(C(=O)Oc1ccc2oc(-c3ccc(Cl)cc3)cc(=O)c2c1)N1C(=O)c2ccccc2C1=O. The molecule has 0 spiro atoms. The Bertz CT molecular complexity index is 1500. The molecule has 168 valence electrons. The average Bonchev–Trinajstić information content (AvgIpc) is 3.09. The fourth-order valence-electron chi connectivity index (χ4n) is 3.82. The summed E-state index contributed by atoms with van der Waals surface area (Å²) in [5, 5.41) is 0.783. The molecule has 0 fully saturated rings. The molecule has 0 N–H and O–H groups in total. The number of esters is 1. The molecule has 2 amide bonds. The van der Waals surface area contributed by atoms with Gasteiger partial charge in [-0.3, -0.25) is 19.3 Å². The van der Waals surface area contributed by atoms with Crippen molar-refractivity contribution in [3.8, 4) is 17.1 Å². The minimum atomic E-state index is -1.16. The second-order valence-electron chi connectivity index (χ2n) is 7.76. The highest BCUT2D eigenvalue weighted by Crippen LogP contribution is 2.27. The number of hydrogen-bond donors (Lipinski definition) is 0. The summed E-state index contributed by atoms with van der Waals surface area (Å²) in [5.74, 6) is -1.46. The minimum Gasteiger partial charge on any atom is -0.456 e. The van der Waals surface area contributed by atoms with E-state index in [0.29, 0.717) is 21.9 Å². The lowest BCUT2D eigenvalue weighted by molar-refractivity contribution is -0.138. The first kappa shape index (κ1) is 21.6. The smallest absolute Gasteiger partial charge is 0.334 e. The van der Waals surface area contributed by atoms with Crippen molar-refractivity contribution in [3.05, 3.63) is 99.2 Å².